The number of pyridine rings is 1. The second kappa shape index (κ2) is 9.88. The van der Waals surface area contributed by atoms with Gasteiger partial charge in [0.25, 0.3) is 0 Å². The number of benzene rings is 2. The first kappa shape index (κ1) is 21.9. The largest absolute Gasteiger partial charge is 0.457 e. The van der Waals surface area contributed by atoms with Crippen LogP contribution in [0.1, 0.15) is 17.5 Å². The molecule has 2 aromatic carbocycles. The number of aromatic nitrogens is 1. The summed E-state index contributed by atoms with van der Waals surface area (Å²) in [5.74, 6) is 3.05. The molecule has 0 aliphatic carbocycles. The number of ether oxygens (including phenoxy) is 2. The van der Waals surface area contributed by atoms with Crippen LogP contribution in [-0.4, -0.2) is 30.0 Å². The van der Waals surface area contributed by atoms with Gasteiger partial charge in [0, 0.05) is 24.7 Å². The van der Waals surface area contributed by atoms with Crippen molar-refractivity contribution in [3.05, 3.63) is 84.4 Å². The second-order valence-electron chi connectivity index (χ2n) is 7.75. The quantitative estimate of drug-likeness (QED) is 0.535. The average Bonchev–Trinajstić information content (AvgIpc) is 3.30. The number of nitriles is 1. The van der Waals surface area contributed by atoms with Crippen LogP contribution < -0.4 is 19.7 Å². The molecule has 1 amide bonds. The van der Waals surface area contributed by atoms with E-state index in [0.717, 1.165) is 24.3 Å². The van der Waals surface area contributed by atoms with Crippen LogP contribution >= 0.6 is 0 Å². The number of rotatable bonds is 7. The van der Waals surface area contributed by atoms with Gasteiger partial charge < -0.3 is 19.7 Å². The molecular weight excluding hydrogens is 416 g/mol. The van der Waals surface area contributed by atoms with E-state index >= 15 is 0 Å². The summed E-state index contributed by atoms with van der Waals surface area (Å²) in [7, 11) is 0. The highest BCUT2D eigenvalue weighted by Gasteiger charge is 2.24. The number of anilines is 1. The van der Waals surface area contributed by atoms with Crippen molar-refractivity contribution >= 4 is 11.7 Å². The van der Waals surface area contributed by atoms with Crippen molar-refractivity contribution in [1.82, 2.24) is 10.3 Å². The van der Waals surface area contributed by atoms with Crippen LogP contribution in [0.5, 0.6) is 23.1 Å². The lowest BCUT2D eigenvalue weighted by atomic mass is 10.2. The summed E-state index contributed by atoms with van der Waals surface area (Å²) in [6, 6.07) is 20.4. The maximum atomic E-state index is 11.6. The molecule has 7 heteroatoms. The Hall–Kier alpha value is -4.31. The third-order valence-corrected chi connectivity index (χ3v) is 5.32. The fourth-order valence-corrected chi connectivity index (χ4v) is 3.58. The molecular formula is C26H24N4O3. The van der Waals surface area contributed by atoms with Gasteiger partial charge >= 0.3 is 0 Å². The summed E-state index contributed by atoms with van der Waals surface area (Å²) >= 11 is 0. The van der Waals surface area contributed by atoms with E-state index in [0.29, 0.717) is 35.2 Å². The van der Waals surface area contributed by atoms with Crippen LogP contribution in [-0.2, 0) is 4.79 Å². The third-order valence-electron chi connectivity index (χ3n) is 5.32. The van der Waals surface area contributed by atoms with Crippen LogP contribution in [0.2, 0.25) is 0 Å². The molecule has 166 valence electrons. The number of amides is 1. The molecule has 1 aliphatic rings. The molecule has 3 aromatic rings. The van der Waals surface area contributed by atoms with Gasteiger partial charge in [-0.2, -0.15) is 10.2 Å². The summed E-state index contributed by atoms with van der Waals surface area (Å²) in [5, 5.41) is 12.0. The Kier molecular flexibility index (Phi) is 6.56. The Morgan fingerprint density at radius 1 is 1.15 bits per heavy atom. The first-order chi connectivity index (χ1) is 16.0. The minimum atomic E-state index is -0.159. The molecule has 33 heavy (non-hydrogen) atoms. The van der Waals surface area contributed by atoms with E-state index in [4.69, 9.17) is 19.7 Å². The Bertz CT molecular complexity index is 1200. The fourth-order valence-electron chi connectivity index (χ4n) is 3.58. The molecule has 0 saturated carbocycles. The van der Waals surface area contributed by atoms with Crippen molar-refractivity contribution in [3.63, 3.8) is 0 Å². The Morgan fingerprint density at radius 2 is 1.91 bits per heavy atom. The fraction of sp³-hybridized carbons (Fsp3) is 0.192. The van der Waals surface area contributed by atoms with Gasteiger partial charge in [-0.05, 0) is 68.0 Å². The van der Waals surface area contributed by atoms with Crippen LogP contribution in [0.3, 0.4) is 0 Å². The van der Waals surface area contributed by atoms with E-state index in [2.05, 4.69) is 22.9 Å². The van der Waals surface area contributed by atoms with Crippen molar-refractivity contribution in [2.45, 2.75) is 19.4 Å². The molecule has 1 N–H and O–H groups in total. The van der Waals surface area contributed by atoms with Crippen LogP contribution in [0.4, 0.5) is 5.82 Å². The smallest absolute Gasteiger partial charge is 0.243 e. The van der Waals surface area contributed by atoms with Crippen LogP contribution in [0.25, 0.3) is 0 Å². The molecule has 1 atom stereocenters. The van der Waals surface area contributed by atoms with Gasteiger partial charge in [-0.25, -0.2) is 0 Å². The predicted molar refractivity (Wildman–Crippen MR) is 126 cm³/mol. The highest BCUT2D eigenvalue weighted by atomic mass is 16.5. The number of carbonyl (C=O) groups excluding carboxylic acids is 1. The predicted octanol–water partition coefficient (Wildman–Crippen LogP) is 4.73. The number of hydrogen-bond donors (Lipinski definition) is 1. The molecule has 2 heterocycles. The molecule has 1 unspecified atom stereocenters. The van der Waals surface area contributed by atoms with E-state index < -0.39 is 0 Å². The van der Waals surface area contributed by atoms with Crippen LogP contribution in [0, 0.1) is 18.3 Å². The lowest BCUT2D eigenvalue weighted by Gasteiger charge is -2.19. The van der Waals surface area contributed by atoms with E-state index in [9.17, 15) is 4.79 Å². The van der Waals surface area contributed by atoms with Crippen molar-refractivity contribution < 1.29 is 14.3 Å². The molecule has 1 aliphatic heterocycles. The van der Waals surface area contributed by atoms with Gasteiger partial charge in [-0.1, -0.05) is 18.7 Å². The van der Waals surface area contributed by atoms with Gasteiger partial charge in [0.05, 0.1) is 11.6 Å². The normalized spacial score (nSPS) is 14.9. The highest BCUT2D eigenvalue weighted by molar-refractivity contribution is 5.87. The van der Waals surface area contributed by atoms with Gasteiger partial charge in [0.1, 0.15) is 23.1 Å². The van der Waals surface area contributed by atoms with Gasteiger partial charge in [-0.15, -0.1) is 0 Å². The van der Waals surface area contributed by atoms with E-state index in [1.165, 1.54) is 6.08 Å². The van der Waals surface area contributed by atoms with Crippen molar-refractivity contribution in [2.24, 2.45) is 0 Å². The number of aryl methyl sites for hydroxylation is 1. The van der Waals surface area contributed by atoms with Gasteiger partial charge in [0.15, 0.2) is 0 Å². The number of carbonyl (C=O) groups is 1. The zero-order valence-corrected chi connectivity index (χ0v) is 18.3. The first-order valence-electron chi connectivity index (χ1n) is 10.7. The molecule has 4 rings (SSSR count). The summed E-state index contributed by atoms with van der Waals surface area (Å²) in [4.78, 5) is 18.4. The monoisotopic (exact) mass is 440 g/mol. The second-order valence-corrected chi connectivity index (χ2v) is 7.75. The summed E-state index contributed by atoms with van der Waals surface area (Å²) in [5.41, 5.74) is 1.46. The van der Waals surface area contributed by atoms with Crippen molar-refractivity contribution in [1.29, 1.82) is 5.26 Å². The maximum absolute atomic E-state index is 11.6. The summed E-state index contributed by atoms with van der Waals surface area (Å²) in [6.07, 6.45) is 2.14. The minimum Gasteiger partial charge on any atom is -0.457 e. The zero-order chi connectivity index (χ0) is 23.2. The zero-order valence-electron chi connectivity index (χ0n) is 18.3. The Labute approximate surface area is 192 Å². The molecule has 0 spiro atoms. The van der Waals surface area contributed by atoms with Gasteiger partial charge in [-0.3, -0.25) is 4.79 Å². The molecule has 1 saturated heterocycles. The molecule has 1 aromatic heterocycles. The number of hydrogen-bond acceptors (Lipinski definition) is 6. The summed E-state index contributed by atoms with van der Waals surface area (Å²) in [6.45, 7) is 6.94. The highest BCUT2D eigenvalue weighted by Crippen LogP contribution is 2.30. The first-order valence-corrected chi connectivity index (χ1v) is 10.7. The number of nitrogens with zero attached hydrogens (tertiary/aromatic N) is 3. The lowest BCUT2D eigenvalue weighted by molar-refractivity contribution is -0.117. The van der Waals surface area contributed by atoms with Crippen molar-refractivity contribution in [3.8, 4) is 29.2 Å². The van der Waals surface area contributed by atoms with Gasteiger partial charge in [0.2, 0.25) is 11.8 Å². The Morgan fingerprint density at radius 3 is 2.64 bits per heavy atom. The lowest BCUT2D eigenvalue weighted by Crippen LogP contribution is -2.36. The van der Waals surface area contributed by atoms with E-state index in [-0.39, 0.29) is 11.9 Å². The summed E-state index contributed by atoms with van der Waals surface area (Å²) < 4.78 is 11.9. The minimum absolute atomic E-state index is 0.0735. The molecule has 1 fully saturated rings. The van der Waals surface area contributed by atoms with E-state index in [1.54, 1.807) is 36.4 Å². The third kappa shape index (κ3) is 5.49. The average molecular weight is 441 g/mol. The van der Waals surface area contributed by atoms with Crippen LogP contribution in [0.15, 0.2) is 73.3 Å². The van der Waals surface area contributed by atoms with E-state index in [1.807, 2.05) is 31.2 Å². The maximum Gasteiger partial charge on any atom is 0.243 e. The molecule has 0 bridgehead atoms. The number of nitrogens with one attached hydrogen (secondary N) is 1. The Balaban J connectivity index is 1.42. The molecule has 0 radical (unpaired) electrons. The standard InChI is InChI=1S/C26H24N4O3/c1-3-25(31)28-20-13-14-30(17-20)24-12-7-18(2)26(29-24)33-22-10-8-21(9-11-22)32-23-6-4-5-19(15-23)16-27/h3-12,15,20H,1,13-14,17H2,2H3,(H,28,31). The SMILES string of the molecule is C=CC(=O)NC1CCN(c2ccc(C)c(Oc3ccc(Oc4cccc(C#N)c4)cc3)n2)C1. The van der Waals surface area contributed by atoms with Crippen molar-refractivity contribution in [2.75, 3.05) is 18.0 Å². The topological polar surface area (TPSA) is 87.5 Å². The molecule has 7 nitrogen and oxygen atoms in total.